The lowest BCUT2D eigenvalue weighted by molar-refractivity contribution is 0.504. The molecule has 4 aliphatic carbocycles. The summed E-state index contributed by atoms with van der Waals surface area (Å²) in [6.07, 6.45) is 4.48. The Kier molecular flexibility index (Phi) is 2.64. The van der Waals surface area contributed by atoms with Gasteiger partial charge in [-0.25, -0.2) is 0 Å². The Hall–Kier alpha value is -4.94. The van der Waals surface area contributed by atoms with Crippen LogP contribution in [0.1, 0.15) is 56.3 Å². The van der Waals surface area contributed by atoms with Crippen LogP contribution in [0.5, 0.6) is 0 Å². The van der Waals surface area contributed by atoms with Crippen LogP contribution in [0.15, 0.2) is 72.8 Å². The van der Waals surface area contributed by atoms with Crippen LogP contribution in [0.2, 0.25) is 0 Å². The highest BCUT2D eigenvalue weighted by atomic mass is 14.5. The minimum atomic E-state index is 0.545. The second-order valence-electron chi connectivity index (χ2n) is 15.0. The highest BCUT2D eigenvalue weighted by Crippen LogP contribution is 2.65. The van der Waals surface area contributed by atoms with Crippen molar-refractivity contribution in [3.05, 3.63) is 117 Å². The third-order valence-corrected chi connectivity index (χ3v) is 13.4. The SMILES string of the molecule is c1ccc2cc3c(cc2c1)CC1c2cc4c5c6c(cc7ccc8cc9c%10c%11c(cc(c%12c2c5c(c%12%11)c2c6c7c8c%102)C1C3)C9)C4. The molecule has 2 atom stereocenters. The third-order valence-electron chi connectivity index (χ3n) is 13.4. The summed E-state index contributed by atoms with van der Waals surface area (Å²) in [4.78, 5) is 0. The molecule has 0 fully saturated rings. The van der Waals surface area contributed by atoms with Gasteiger partial charge in [-0.1, -0.05) is 72.8 Å². The Morgan fingerprint density at radius 3 is 1.18 bits per heavy atom. The van der Waals surface area contributed by atoms with Crippen LogP contribution in [-0.4, -0.2) is 0 Å². The van der Waals surface area contributed by atoms with E-state index in [1.54, 1.807) is 120 Å². The van der Waals surface area contributed by atoms with Crippen LogP contribution < -0.4 is 0 Å². The fraction of sp³-hybridized carbons (Fsp3) is 0.136. The number of rotatable bonds is 0. The fourth-order valence-electron chi connectivity index (χ4n) is 12.1. The van der Waals surface area contributed by atoms with Gasteiger partial charge < -0.3 is 0 Å². The molecular formula is C44H22. The molecule has 11 aromatic carbocycles. The zero-order chi connectivity index (χ0) is 27.5. The van der Waals surface area contributed by atoms with E-state index in [0.717, 1.165) is 25.7 Å². The standard InChI is InChI=1S/C44H22/c1-2-4-18-8-22-14-28-27(13-21(22)7-17(18)3-1)29-15-25-11-23-9-19-5-6-20-10-24-12-26-16-30(28)38-37(29)41-35(25)33(23)39-31(19)32(20)40-34(24)36(26)42(38)44(41)43(39)40/h1-10,15-16,27-28H,11-14H2. The average molecular weight is 551 g/mol. The van der Waals surface area contributed by atoms with Crippen LogP contribution in [0.4, 0.5) is 0 Å². The first-order valence-corrected chi connectivity index (χ1v) is 16.6. The van der Waals surface area contributed by atoms with Crippen LogP contribution >= 0.6 is 0 Å². The van der Waals surface area contributed by atoms with Gasteiger partial charge in [-0.05, 0) is 179 Å². The zero-order valence-electron chi connectivity index (χ0n) is 23.9. The topological polar surface area (TPSA) is 0 Å². The first-order valence-electron chi connectivity index (χ1n) is 16.6. The van der Waals surface area contributed by atoms with Gasteiger partial charge in [0, 0.05) is 0 Å². The predicted octanol–water partition coefficient (Wildman–Crippen LogP) is 11.0. The third kappa shape index (κ3) is 1.73. The van der Waals surface area contributed by atoms with E-state index < -0.39 is 0 Å². The maximum Gasteiger partial charge on any atom is -0.0000272 e. The smallest absolute Gasteiger partial charge is 0.0000272 e. The van der Waals surface area contributed by atoms with Crippen molar-refractivity contribution >= 4 is 97.0 Å². The lowest BCUT2D eigenvalue weighted by atomic mass is 9.65. The lowest BCUT2D eigenvalue weighted by Crippen LogP contribution is -2.25. The minimum absolute atomic E-state index is 0.545. The van der Waals surface area contributed by atoms with Crippen molar-refractivity contribution in [1.29, 1.82) is 0 Å². The maximum absolute atomic E-state index is 2.72. The van der Waals surface area contributed by atoms with Crippen LogP contribution in [0.3, 0.4) is 0 Å². The quantitative estimate of drug-likeness (QED) is 0.165. The van der Waals surface area contributed by atoms with Crippen molar-refractivity contribution in [1.82, 2.24) is 0 Å². The van der Waals surface area contributed by atoms with Crippen molar-refractivity contribution in [3.8, 4) is 0 Å². The molecule has 4 aliphatic rings. The van der Waals surface area contributed by atoms with E-state index in [2.05, 4.69) is 72.8 Å². The van der Waals surface area contributed by atoms with E-state index in [1.807, 2.05) is 0 Å². The fourth-order valence-corrected chi connectivity index (χ4v) is 12.1. The second-order valence-corrected chi connectivity index (χ2v) is 15.0. The monoisotopic (exact) mass is 550 g/mol. The van der Waals surface area contributed by atoms with Gasteiger partial charge in [0.25, 0.3) is 0 Å². The first-order chi connectivity index (χ1) is 21.8. The molecule has 11 aromatic rings. The molecule has 15 rings (SSSR count). The van der Waals surface area contributed by atoms with Crippen LogP contribution in [-0.2, 0) is 25.7 Å². The Morgan fingerprint density at radius 1 is 0.318 bits per heavy atom. The predicted molar refractivity (Wildman–Crippen MR) is 185 cm³/mol. The number of hydrogen-bond donors (Lipinski definition) is 0. The Balaban J connectivity index is 1.22. The van der Waals surface area contributed by atoms with E-state index in [0.29, 0.717) is 11.8 Å². The van der Waals surface area contributed by atoms with E-state index in [-0.39, 0.29) is 0 Å². The van der Waals surface area contributed by atoms with Gasteiger partial charge in [-0.15, -0.1) is 0 Å². The van der Waals surface area contributed by atoms with Gasteiger partial charge >= 0.3 is 0 Å². The molecule has 0 spiro atoms. The number of benzene rings is 9. The summed E-state index contributed by atoms with van der Waals surface area (Å²) in [6, 6.07) is 29.5. The Morgan fingerprint density at radius 2 is 0.705 bits per heavy atom. The van der Waals surface area contributed by atoms with Crippen LogP contribution in [0.25, 0.3) is 97.0 Å². The molecule has 0 nitrogen and oxygen atoms in total. The van der Waals surface area contributed by atoms with E-state index in [1.165, 1.54) is 21.5 Å². The van der Waals surface area contributed by atoms with E-state index >= 15 is 0 Å². The molecule has 0 heterocycles. The summed E-state index contributed by atoms with van der Waals surface area (Å²) in [5.74, 6) is 1.09. The van der Waals surface area contributed by atoms with E-state index in [4.69, 9.17) is 0 Å². The van der Waals surface area contributed by atoms with Gasteiger partial charge in [0.05, 0.1) is 0 Å². The summed E-state index contributed by atoms with van der Waals surface area (Å²) in [7, 11) is 0. The Bertz CT molecular complexity index is 2990. The average Bonchev–Trinajstić information content (AvgIpc) is 3.79. The molecule has 0 saturated carbocycles. The molecule has 44 heavy (non-hydrogen) atoms. The number of fused-ring (bicyclic) bond motifs is 5. The largest absolute Gasteiger partial charge is 0.0616 e. The zero-order valence-corrected chi connectivity index (χ0v) is 23.9. The highest BCUT2D eigenvalue weighted by molar-refractivity contribution is 6.58. The maximum atomic E-state index is 2.72. The van der Waals surface area contributed by atoms with Crippen molar-refractivity contribution in [2.24, 2.45) is 0 Å². The molecular weight excluding hydrogens is 528 g/mol. The Labute approximate surface area is 251 Å². The van der Waals surface area contributed by atoms with Crippen molar-refractivity contribution in [3.63, 3.8) is 0 Å². The molecule has 0 amide bonds. The molecule has 0 radical (unpaired) electrons. The normalized spacial score (nSPS) is 19.9. The van der Waals surface area contributed by atoms with Crippen LogP contribution in [0, 0.1) is 0 Å². The van der Waals surface area contributed by atoms with Gasteiger partial charge in [0.15, 0.2) is 0 Å². The summed E-state index contributed by atoms with van der Waals surface area (Å²) in [6.45, 7) is 0. The molecule has 0 bridgehead atoms. The molecule has 0 saturated heterocycles. The van der Waals surface area contributed by atoms with Gasteiger partial charge in [-0.3, -0.25) is 0 Å². The minimum Gasteiger partial charge on any atom is -0.0616 e. The van der Waals surface area contributed by atoms with E-state index in [9.17, 15) is 0 Å². The summed E-state index contributed by atoms with van der Waals surface area (Å²) in [5, 5.41) is 28.2. The highest BCUT2D eigenvalue weighted by Gasteiger charge is 2.43. The second kappa shape index (κ2) is 5.78. The van der Waals surface area contributed by atoms with Crippen molar-refractivity contribution < 1.29 is 0 Å². The van der Waals surface area contributed by atoms with Crippen molar-refractivity contribution in [2.75, 3.05) is 0 Å². The van der Waals surface area contributed by atoms with Crippen molar-refractivity contribution in [2.45, 2.75) is 37.5 Å². The first kappa shape index (κ1) is 20.1. The summed E-state index contributed by atoms with van der Waals surface area (Å²) in [5.41, 5.74) is 12.8. The van der Waals surface area contributed by atoms with Gasteiger partial charge in [-0.2, -0.15) is 0 Å². The van der Waals surface area contributed by atoms with Gasteiger partial charge in [0.1, 0.15) is 0 Å². The molecule has 0 N–H and O–H groups in total. The summed E-state index contributed by atoms with van der Waals surface area (Å²) < 4.78 is 0. The van der Waals surface area contributed by atoms with Gasteiger partial charge in [0.2, 0.25) is 0 Å². The molecule has 0 aromatic heterocycles. The summed E-state index contributed by atoms with van der Waals surface area (Å²) >= 11 is 0. The molecule has 0 heteroatoms. The lowest BCUT2D eigenvalue weighted by Gasteiger charge is -2.38. The molecule has 198 valence electrons. The molecule has 2 unspecified atom stereocenters. The number of hydrogen-bond acceptors (Lipinski definition) is 0. The molecule has 0 aliphatic heterocycles.